The summed E-state index contributed by atoms with van der Waals surface area (Å²) in [6, 6.07) is 12.0. The van der Waals surface area contributed by atoms with Crippen molar-refractivity contribution in [2.45, 2.75) is 32.1 Å². The van der Waals surface area contributed by atoms with Gasteiger partial charge in [0.1, 0.15) is 5.75 Å². The van der Waals surface area contributed by atoms with Gasteiger partial charge in [-0.05, 0) is 67.3 Å². The highest BCUT2D eigenvalue weighted by Crippen LogP contribution is 2.34. The molecule has 0 saturated heterocycles. The summed E-state index contributed by atoms with van der Waals surface area (Å²) in [6.45, 7) is 0.743. The average Bonchev–Trinajstić information content (AvgIpc) is 3.16. The molecule has 2 aromatic carbocycles. The van der Waals surface area contributed by atoms with E-state index in [1.165, 1.54) is 30.4 Å². The van der Waals surface area contributed by atoms with Gasteiger partial charge in [0.15, 0.2) is 0 Å². The molecule has 1 heterocycles. The van der Waals surface area contributed by atoms with E-state index in [4.69, 9.17) is 15.0 Å². The molecule has 3 aromatic rings. The van der Waals surface area contributed by atoms with Gasteiger partial charge in [0.25, 0.3) is 5.89 Å². The number of benzene rings is 2. The predicted octanol–water partition coefficient (Wildman–Crippen LogP) is 4.26. The van der Waals surface area contributed by atoms with E-state index < -0.39 is 0 Å². The van der Waals surface area contributed by atoms with Gasteiger partial charge in [0.2, 0.25) is 5.82 Å². The third-order valence-electron chi connectivity index (χ3n) is 5.24. The van der Waals surface area contributed by atoms with E-state index >= 15 is 0 Å². The molecule has 132 valence electrons. The molecule has 2 N–H and O–H groups in total. The first-order valence-electron chi connectivity index (χ1n) is 9.25. The van der Waals surface area contributed by atoms with Crippen LogP contribution < -0.4 is 10.5 Å². The van der Waals surface area contributed by atoms with Crippen LogP contribution >= 0.6 is 0 Å². The lowest BCUT2D eigenvalue weighted by atomic mass is 10.0. The highest BCUT2D eigenvalue weighted by Gasteiger charge is 2.23. The fourth-order valence-corrected chi connectivity index (χ4v) is 3.58. The monoisotopic (exact) mass is 347 g/mol. The van der Waals surface area contributed by atoms with Crippen LogP contribution in [0.5, 0.6) is 5.75 Å². The molecule has 1 saturated carbocycles. The van der Waals surface area contributed by atoms with Crippen molar-refractivity contribution in [1.82, 2.24) is 10.1 Å². The second kappa shape index (κ2) is 6.16. The lowest BCUT2D eigenvalue weighted by Gasteiger charge is -2.08. The minimum Gasteiger partial charge on any atom is -0.491 e. The van der Waals surface area contributed by atoms with Gasteiger partial charge >= 0.3 is 0 Å². The van der Waals surface area contributed by atoms with Gasteiger partial charge in [0, 0.05) is 11.1 Å². The second-order valence-electron chi connectivity index (χ2n) is 7.23. The van der Waals surface area contributed by atoms with Crippen molar-refractivity contribution in [1.29, 1.82) is 0 Å². The smallest absolute Gasteiger partial charge is 0.258 e. The van der Waals surface area contributed by atoms with Crippen molar-refractivity contribution < 1.29 is 9.26 Å². The Kier molecular flexibility index (Phi) is 3.66. The normalized spacial score (nSPS) is 15.8. The van der Waals surface area contributed by atoms with E-state index in [0.29, 0.717) is 23.3 Å². The van der Waals surface area contributed by atoms with Gasteiger partial charge in [-0.1, -0.05) is 23.4 Å². The number of hydrogen-bond donors (Lipinski definition) is 1. The first-order chi connectivity index (χ1) is 12.8. The van der Waals surface area contributed by atoms with Gasteiger partial charge in [0.05, 0.1) is 12.3 Å². The van der Waals surface area contributed by atoms with Crippen LogP contribution in [0.25, 0.3) is 22.8 Å². The number of fused-ring (bicyclic) bond motifs is 1. The van der Waals surface area contributed by atoms with Crippen molar-refractivity contribution in [3.63, 3.8) is 0 Å². The van der Waals surface area contributed by atoms with Crippen LogP contribution in [0.15, 0.2) is 40.9 Å². The van der Waals surface area contributed by atoms with Gasteiger partial charge in [-0.25, -0.2) is 0 Å². The topological polar surface area (TPSA) is 74.2 Å². The molecule has 0 aliphatic heterocycles. The number of nitrogens with zero attached hydrogens (tertiary/aromatic N) is 2. The van der Waals surface area contributed by atoms with E-state index in [2.05, 4.69) is 28.3 Å². The Hall–Kier alpha value is -2.82. The van der Waals surface area contributed by atoms with Gasteiger partial charge in [-0.2, -0.15) is 4.98 Å². The van der Waals surface area contributed by atoms with Crippen molar-refractivity contribution in [3.05, 3.63) is 47.5 Å². The molecule has 0 bridgehead atoms. The van der Waals surface area contributed by atoms with Gasteiger partial charge in [-0.15, -0.1) is 0 Å². The van der Waals surface area contributed by atoms with E-state index in [1.807, 2.05) is 18.2 Å². The Morgan fingerprint density at radius 2 is 2.08 bits per heavy atom. The molecule has 5 heteroatoms. The van der Waals surface area contributed by atoms with Crippen LogP contribution in [-0.4, -0.2) is 16.7 Å². The molecular weight excluding hydrogens is 326 g/mol. The third kappa shape index (κ3) is 2.83. The van der Waals surface area contributed by atoms with E-state index in [1.54, 1.807) is 0 Å². The number of anilines is 1. The van der Waals surface area contributed by atoms with Crippen LogP contribution in [0.4, 0.5) is 5.69 Å². The van der Waals surface area contributed by atoms with E-state index in [9.17, 15) is 0 Å². The fourth-order valence-electron chi connectivity index (χ4n) is 3.58. The molecule has 0 atom stereocenters. The quantitative estimate of drug-likeness (QED) is 0.698. The summed E-state index contributed by atoms with van der Waals surface area (Å²) >= 11 is 0. The standard InChI is InChI=1S/C21H21N3O2/c22-18-11-15(9-10-19(18)25-12-13-7-8-13)21-23-20(24-26-21)17-6-2-4-14-3-1-5-16(14)17/h2,4,6,9-11,13H,1,3,5,7-8,12,22H2. The zero-order chi connectivity index (χ0) is 17.5. The molecule has 2 aliphatic carbocycles. The maximum absolute atomic E-state index is 6.14. The van der Waals surface area contributed by atoms with Crippen molar-refractivity contribution in [2.75, 3.05) is 12.3 Å². The number of ether oxygens (including phenoxy) is 1. The molecule has 0 spiro atoms. The third-order valence-corrected chi connectivity index (χ3v) is 5.24. The summed E-state index contributed by atoms with van der Waals surface area (Å²) in [7, 11) is 0. The lowest BCUT2D eigenvalue weighted by Crippen LogP contribution is -2.01. The summed E-state index contributed by atoms with van der Waals surface area (Å²) in [5.41, 5.74) is 11.4. The molecule has 1 fully saturated rings. The van der Waals surface area contributed by atoms with Crippen LogP contribution in [0, 0.1) is 5.92 Å². The molecular formula is C21H21N3O2. The van der Waals surface area contributed by atoms with E-state index in [0.717, 1.165) is 36.3 Å². The van der Waals surface area contributed by atoms with Crippen LogP contribution in [0.3, 0.4) is 0 Å². The zero-order valence-corrected chi connectivity index (χ0v) is 14.6. The Bertz CT molecular complexity index is 960. The van der Waals surface area contributed by atoms with Gasteiger partial charge in [-0.3, -0.25) is 0 Å². The minimum absolute atomic E-state index is 0.482. The van der Waals surface area contributed by atoms with Crippen molar-refractivity contribution >= 4 is 5.69 Å². The number of aromatic nitrogens is 2. The summed E-state index contributed by atoms with van der Waals surface area (Å²) < 4.78 is 11.3. The predicted molar refractivity (Wildman–Crippen MR) is 99.8 cm³/mol. The highest BCUT2D eigenvalue weighted by molar-refractivity contribution is 5.68. The lowest BCUT2D eigenvalue weighted by molar-refractivity contribution is 0.301. The largest absolute Gasteiger partial charge is 0.491 e. The summed E-state index contributed by atoms with van der Waals surface area (Å²) in [6.07, 6.45) is 5.91. The fraction of sp³-hybridized carbons (Fsp3) is 0.333. The molecule has 0 amide bonds. The Morgan fingerprint density at radius 3 is 2.92 bits per heavy atom. The maximum atomic E-state index is 6.14. The molecule has 5 rings (SSSR count). The van der Waals surface area contributed by atoms with E-state index in [-0.39, 0.29) is 0 Å². The first kappa shape index (κ1) is 15.4. The molecule has 2 aliphatic rings. The van der Waals surface area contributed by atoms with Crippen molar-refractivity contribution in [2.24, 2.45) is 5.92 Å². The average molecular weight is 347 g/mol. The Balaban J connectivity index is 1.41. The Morgan fingerprint density at radius 1 is 1.15 bits per heavy atom. The maximum Gasteiger partial charge on any atom is 0.258 e. The van der Waals surface area contributed by atoms with Crippen LogP contribution in [0.2, 0.25) is 0 Å². The van der Waals surface area contributed by atoms with Gasteiger partial charge < -0.3 is 15.0 Å². The number of rotatable bonds is 5. The zero-order valence-electron chi connectivity index (χ0n) is 14.6. The van der Waals surface area contributed by atoms with Crippen LogP contribution in [0.1, 0.15) is 30.4 Å². The number of nitrogens with two attached hydrogens (primary N) is 1. The molecule has 1 aromatic heterocycles. The van der Waals surface area contributed by atoms with Crippen molar-refractivity contribution in [3.8, 4) is 28.6 Å². The SMILES string of the molecule is Nc1cc(-c2nc(-c3cccc4c3CCC4)no2)ccc1OCC1CC1. The minimum atomic E-state index is 0.482. The first-order valence-corrected chi connectivity index (χ1v) is 9.25. The number of nitrogen functional groups attached to an aromatic ring is 1. The molecule has 5 nitrogen and oxygen atoms in total. The number of aryl methyl sites for hydroxylation is 1. The highest BCUT2D eigenvalue weighted by atomic mass is 16.5. The summed E-state index contributed by atoms with van der Waals surface area (Å²) in [5.74, 6) is 2.55. The summed E-state index contributed by atoms with van der Waals surface area (Å²) in [5, 5.41) is 4.20. The number of hydrogen-bond acceptors (Lipinski definition) is 5. The Labute approximate surface area is 152 Å². The summed E-state index contributed by atoms with van der Waals surface area (Å²) in [4.78, 5) is 4.61. The molecule has 0 unspecified atom stereocenters. The molecule has 0 radical (unpaired) electrons. The molecule has 26 heavy (non-hydrogen) atoms. The van der Waals surface area contributed by atoms with Crippen LogP contribution in [-0.2, 0) is 12.8 Å². The second-order valence-corrected chi connectivity index (χ2v) is 7.23.